The smallest absolute Gasteiger partial charge is 0.142 e. The first kappa shape index (κ1) is 15.3. The van der Waals surface area contributed by atoms with Crippen LogP contribution in [0.5, 0.6) is 0 Å². The van der Waals surface area contributed by atoms with Crippen molar-refractivity contribution in [1.29, 1.82) is 5.26 Å². The van der Waals surface area contributed by atoms with Gasteiger partial charge in [-0.25, -0.2) is 4.98 Å². The van der Waals surface area contributed by atoms with Crippen LogP contribution in [0.15, 0.2) is 42.5 Å². The van der Waals surface area contributed by atoms with E-state index in [0.717, 1.165) is 5.02 Å². The van der Waals surface area contributed by atoms with Crippen LogP contribution in [0.4, 0.5) is 5.82 Å². The lowest BCUT2D eigenvalue weighted by Gasteiger charge is -2.25. The molecule has 108 valence electrons. The van der Waals surface area contributed by atoms with Crippen molar-refractivity contribution < 1.29 is 0 Å². The summed E-state index contributed by atoms with van der Waals surface area (Å²) in [6.07, 6.45) is 0. The van der Waals surface area contributed by atoms with E-state index in [4.69, 9.17) is 16.9 Å². The molecule has 0 aliphatic carbocycles. The maximum atomic E-state index is 8.87. The number of rotatable bonds is 5. The summed E-state index contributed by atoms with van der Waals surface area (Å²) >= 11 is 5.93. The van der Waals surface area contributed by atoms with Crippen molar-refractivity contribution in [2.75, 3.05) is 26.0 Å². The molecule has 1 N–H and O–H groups in total. The molecule has 2 aromatic rings. The number of aromatic nitrogens is 1. The van der Waals surface area contributed by atoms with Crippen LogP contribution in [-0.4, -0.2) is 30.5 Å². The second-order valence-corrected chi connectivity index (χ2v) is 5.37. The lowest BCUT2D eigenvalue weighted by molar-refractivity contribution is 0.311. The number of pyridine rings is 1. The molecule has 0 saturated heterocycles. The average molecular weight is 301 g/mol. The van der Waals surface area contributed by atoms with Crippen molar-refractivity contribution in [3.8, 4) is 6.07 Å². The summed E-state index contributed by atoms with van der Waals surface area (Å²) in [5, 5.41) is 12.9. The highest BCUT2D eigenvalue weighted by Gasteiger charge is 2.14. The topological polar surface area (TPSA) is 52.0 Å². The molecule has 2 rings (SSSR count). The lowest BCUT2D eigenvalue weighted by Crippen LogP contribution is -2.27. The second kappa shape index (κ2) is 7.07. The molecule has 0 aliphatic heterocycles. The van der Waals surface area contributed by atoms with Crippen LogP contribution in [0.25, 0.3) is 0 Å². The summed E-state index contributed by atoms with van der Waals surface area (Å²) < 4.78 is 0. The molecule has 4 nitrogen and oxygen atoms in total. The molecule has 1 unspecified atom stereocenters. The van der Waals surface area contributed by atoms with Crippen LogP contribution < -0.4 is 5.32 Å². The number of anilines is 1. The lowest BCUT2D eigenvalue weighted by atomic mass is 10.1. The monoisotopic (exact) mass is 300 g/mol. The summed E-state index contributed by atoms with van der Waals surface area (Å²) in [5.41, 5.74) is 1.58. The molecule has 0 aliphatic rings. The quantitative estimate of drug-likeness (QED) is 0.920. The zero-order valence-corrected chi connectivity index (χ0v) is 12.8. The molecule has 0 fully saturated rings. The minimum Gasteiger partial charge on any atom is -0.368 e. The molecule has 0 amide bonds. The van der Waals surface area contributed by atoms with Crippen molar-refractivity contribution in [3.05, 3.63) is 58.7 Å². The fourth-order valence-electron chi connectivity index (χ4n) is 2.08. The van der Waals surface area contributed by atoms with Gasteiger partial charge in [-0.05, 0) is 43.9 Å². The number of benzene rings is 1. The summed E-state index contributed by atoms with van der Waals surface area (Å²) in [4.78, 5) is 6.35. The SMILES string of the molecule is CN(C)C(CNc1cccc(C#N)n1)c1ccc(Cl)cc1. The second-order valence-electron chi connectivity index (χ2n) is 4.93. The molecule has 21 heavy (non-hydrogen) atoms. The third-order valence-electron chi connectivity index (χ3n) is 3.22. The molecule has 0 spiro atoms. The van der Waals surface area contributed by atoms with E-state index in [1.165, 1.54) is 5.56 Å². The van der Waals surface area contributed by atoms with Gasteiger partial charge in [-0.2, -0.15) is 5.26 Å². The number of nitriles is 1. The zero-order chi connectivity index (χ0) is 15.2. The van der Waals surface area contributed by atoms with Gasteiger partial charge in [-0.15, -0.1) is 0 Å². The van der Waals surface area contributed by atoms with E-state index in [1.807, 2.05) is 56.6 Å². The average Bonchev–Trinajstić information content (AvgIpc) is 2.49. The maximum absolute atomic E-state index is 8.87. The highest BCUT2D eigenvalue weighted by atomic mass is 35.5. The van der Waals surface area contributed by atoms with Crippen LogP contribution >= 0.6 is 11.6 Å². The Bertz CT molecular complexity index is 631. The molecule has 5 heteroatoms. The highest BCUT2D eigenvalue weighted by molar-refractivity contribution is 6.30. The number of likely N-dealkylation sites (N-methyl/N-ethyl adjacent to an activating group) is 1. The van der Waals surface area contributed by atoms with Gasteiger partial charge in [-0.1, -0.05) is 29.8 Å². The standard InChI is InChI=1S/C16H17ClN4/c1-21(2)15(12-6-8-13(17)9-7-12)11-19-16-5-3-4-14(10-18)20-16/h3-9,15H,11H2,1-2H3,(H,19,20). The van der Waals surface area contributed by atoms with Crippen LogP contribution in [0, 0.1) is 11.3 Å². The molecule has 1 aromatic heterocycles. The van der Waals surface area contributed by atoms with Gasteiger partial charge in [0.25, 0.3) is 0 Å². The van der Waals surface area contributed by atoms with Gasteiger partial charge in [-0.3, -0.25) is 0 Å². The predicted molar refractivity (Wildman–Crippen MR) is 85.3 cm³/mol. The predicted octanol–water partition coefficient (Wildman–Crippen LogP) is 3.32. The van der Waals surface area contributed by atoms with E-state index in [0.29, 0.717) is 18.1 Å². The number of hydrogen-bond acceptors (Lipinski definition) is 4. The zero-order valence-electron chi connectivity index (χ0n) is 12.0. The van der Waals surface area contributed by atoms with Gasteiger partial charge in [0, 0.05) is 11.6 Å². The first-order valence-corrected chi connectivity index (χ1v) is 7.01. The minimum absolute atomic E-state index is 0.190. The Hall–Kier alpha value is -2.09. The Balaban J connectivity index is 2.10. The van der Waals surface area contributed by atoms with Gasteiger partial charge < -0.3 is 10.2 Å². The van der Waals surface area contributed by atoms with Crippen LogP contribution in [0.3, 0.4) is 0 Å². The van der Waals surface area contributed by atoms with E-state index in [9.17, 15) is 0 Å². The summed E-state index contributed by atoms with van der Waals surface area (Å²) in [5.74, 6) is 0.704. The fraction of sp³-hybridized carbons (Fsp3) is 0.250. The molecular formula is C16H17ClN4. The molecule has 1 aromatic carbocycles. The van der Waals surface area contributed by atoms with Crippen molar-refractivity contribution in [3.63, 3.8) is 0 Å². The molecule has 1 atom stereocenters. The fourth-order valence-corrected chi connectivity index (χ4v) is 2.21. The highest BCUT2D eigenvalue weighted by Crippen LogP contribution is 2.21. The van der Waals surface area contributed by atoms with Crippen LogP contribution in [0.2, 0.25) is 5.02 Å². The van der Waals surface area contributed by atoms with Crippen LogP contribution in [-0.2, 0) is 0 Å². The van der Waals surface area contributed by atoms with Crippen LogP contribution in [0.1, 0.15) is 17.3 Å². The summed E-state index contributed by atoms with van der Waals surface area (Å²) in [6, 6.07) is 15.4. The largest absolute Gasteiger partial charge is 0.368 e. The first-order valence-electron chi connectivity index (χ1n) is 6.63. The Morgan fingerprint density at radius 3 is 2.57 bits per heavy atom. The van der Waals surface area contributed by atoms with E-state index in [-0.39, 0.29) is 6.04 Å². The van der Waals surface area contributed by atoms with Gasteiger partial charge in [0.1, 0.15) is 17.6 Å². The Kier molecular flexibility index (Phi) is 5.15. The third kappa shape index (κ3) is 4.19. The van der Waals surface area contributed by atoms with E-state index in [1.54, 1.807) is 6.07 Å². The normalized spacial score (nSPS) is 12.0. The Morgan fingerprint density at radius 2 is 1.95 bits per heavy atom. The number of hydrogen-bond donors (Lipinski definition) is 1. The number of nitrogens with zero attached hydrogens (tertiary/aromatic N) is 3. The Labute approximate surface area is 130 Å². The summed E-state index contributed by atoms with van der Waals surface area (Å²) in [7, 11) is 4.06. The maximum Gasteiger partial charge on any atom is 0.142 e. The number of halogens is 1. The van der Waals surface area contributed by atoms with Gasteiger partial charge in [0.15, 0.2) is 0 Å². The van der Waals surface area contributed by atoms with Gasteiger partial charge in [0.05, 0.1) is 6.04 Å². The van der Waals surface area contributed by atoms with E-state index < -0.39 is 0 Å². The van der Waals surface area contributed by atoms with E-state index >= 15 is 0 Å². The molecule has 0 saturated carbocycles. The van der Waals surface area contributed by atoms with Crippen molar-refractivity contribution in [2.45, 2.75) is 6.04 Å². The Morgan fingerprint density at radius 1 is 1.24 bits per heavy atom. The van der Waals surface area contributed by atoms with Gasteiger partial charge in [0.2, 0.25) is 0 Å². The van der Waals surface area contributed by atoms with E-state index in [2.05, 4.69) is 15.2 Å². The van der Waals surface area contributed by atoms with Crippen molar-refractivity contribution >= 4 is 17.4 Å². The third-order valence-corrected chi connectivity index (χ3v) is 3.47. The van der Waals surface area contributed by atoms with Crippen molar-refractivity contribution in [2.24, 2.45) is 0 Å². The molecule has 1 heterocycles. The first-order chi connectivity index (χ1) is 10.1. The molecular weight excluding hydrogens is 284 g/mol. The molecule has 0 radical (unpaired) electrons. The summed E-state index contributed by atoms with van der Waals surface area (Å²) in [6.45, 7) is 0.691. The number of nitrogens with one attached hydrogen (secondary N) is 1. The molecule has 0 bridgehead atoms. The minimum atomic E-state index is 0.190. The van der Waals surface area contributed by atoms with Gasteiger partial charge >= 0.3 is 0 Å². The van der Waals surface area contributed by atoms with Crippen molar-refractivity contribution in [1.82, 2.24) is 9.88 Å².